The molecular formula is C16H25N3O. The Morgan fingerprint density at radius 3 is 2.85 bits per heavy atom. The number of carbonyl (C=O) groups is 1. The summed E-state index contributed by atoms with van der Waals surface area (Å²) < 4.78 is 0. The number of carbonyl (C=O) groups excluding carboxylic acids is 1. The van der Waals surface area contributed by atoms with Gasteiger partial charge in [0.2, 0.25) is 5.91 Å². The number of rotatable bonds is 5. The van der Waals surface area contributed by atoms with E-state index in [1.165, 1.54) is 0 Å². The maximum Gasteiger partial charge on any atom is 0.230 e. The number of hydrogen-bond donors (Lipinski definition) is 1. The zero-order valence-corrected chi connectivity index (χ0v) is 12.5. The second-order valence-corrected chi connectivity index (χ2v) is 5.52. The predicted molar refractivity (Wildman–Crippen MR) is 80.5 cm³/mol. The number of pyridine rings is 1. The molecule has 20 heavy (non-hydrogen) atoms. The standard InChI is InChI=1S/C16H25N3O/c1-3-11-19(15-6-9-17-10-7-15)16(20)13(2)14-5-4-8-18-12-14/h4-5,8,12-13,15,17H,3,6-7,9-11H2,1-2H3. The van der Waals surface area contributed by atoms with Crippen molar-refractivity contribution in [1.82, 2.24) is 15.2 Å². The van der Waals surface area contributed by atoms with Gasteiger partial charge in [0, 0.05) is 25.0 Å². The molecule has 2 heterocycles. The Hall–Kier alpha value is -1.42. The van der Waals surface area contributed by atoms with Crippen molar-refractivity contribution in [3.05, 3.63) is 30.1 Å². The minimum Gasteiger partial charge on any atom is -0.339 e. The second-order valence-electron chi connectivity index (χ2n) is 5.52. The number of nitrogens with one attached hydrogen (secondary N) is 1. The molecule has 0 radical (unpaired) electrons. The van der Waals surface area contributed by atoms with Crippen LogP contribution >= 0.6 is 0 Å². The number of hydrogen-bond acceptors (Lipinski definition) is 3. The fourth-order valence-corrected chi connectivity index (χ4v) is 2.86. The number of amides is 1. The third-order valence-corrected chi connectivity index (χ3v) is 4.05. The first-order valence-corrected chi connectivity index (χ1v) is 7.65. The highest BCUT2D eigenvalue weighted by Gasteiger charge is 2.28. The fourth-order valence-electron chi connectivity index (χ4n) is 2.86. The molecule has 0 aliphatic carbocycles. The zero-order valence-electron chi connectivity index (χ0n) is 12.5. The molecule has 1 saturated heterocycles. The van der Waals surface area contributed by atoms with E-state index < -0.39 is 0 Å². The van der Waals surface area contributed by atoms with E-state index in [1.807, 2.05) is 19.1 Å². The van der Waals surface area contributed by atoms with Crippen molar-refractivity contribution in [2.75, 3.05) is 19.6 Å². The molecule has 1 unspecified atom stereocenters. The quantitative estimate of drug-likeness (QED) is 0.896. The fraction of sp³-hybridized carbons (Fsp3) is 0.625. The average molecular weight is 275 g/mol. The van der Waals surface area contributed by atoms with Crippen LogP contribution in [0.25, 0.3) is 0 Å². The summed E-state index contributed by atoms with van der Waals surface area (Å²) in [4.78, 5) is 19.0. The van der Waals surface area contributed by atoms with Crippen LogP contribution in [0.15, 0.2) is 24.5 Å². The Morgan fingerprint density at radius 1 is 1.50 bits per heavy atom. The summed E-state index contributed by atoms with van der Waals surface area (Å²) >= 11 is 0. The van der Waals surface area contributed by atoms with Crippen LogP contribution in [0.3, 0.4) is 0 Å². The molecule has 1 aromatic heterocycles. The zero-order chi connectivity index (χ0) is 14.4. The van der Waals surface area contributed by atoms with E-state index >= 15 is 0 Å². The van der Waals surface area contributed by atoms with E-state index in [1.54, 1.807) is 12.4 Å². The maximum absolute atomic E-state index is 12.8. The van der Waals surface area contributed by atoms with Crippen molar-refractivity contribution in [3.8, 4) is 0 Å². The van der Waals surface area contributed by atoms with Crippen LogP contribution in [0.4, 0.5) is 0 Å². The van der Waals surface area contributed by atoms with E-state index in [0.29, 0.717) is 6.04 Å². The third-order valence-electron chi connectivity index (χ3n) is 4.05. The van der Waals surface area contributed by atoms with E-state index in [4.69, 9.17) is 0 Å². The Kier molecular flexibility index (Phi) is 5.53. The van der Waals surface area contributed by atoms with Crippen molar-refractivity contribution < 1.29 is 4.79 Å². The van der Waals surface area contributed by atoms with Crippen molar-refractivity contribution in [3.63, 3.8) is 0 Å². The van der Waals surface area contributed by atoms with Crippen LogP contribution in [0.1, 0.15) is 44.6 Å². The van der Waals surface area contributed by atoms with Gasteiger partial charge in [0.1, 0.15) is 0 Å². The molecule has 1 aromatic rings. The van der Waals surface area contributed by atoms with Gasteiger partial charge in [-0.25, -0.2) is 0 Å². The Balaban J connectivity index is 2.09. The van der Waals surface area contributed by atoms with Gasteiger partial charge in [0.05, 0.1) is 5.92 Å². The molecule has 1 N–H and O–H groups in total. The summed E-state index contributed by atoms with van der Waals surface area (Å²) in [6.07, 6.45) is 6.68. The van der Waals surface area contributed by atoms with Gasteiger partial charge in [-0.15, -0.1) is 0 Å². The van der Waals surface area contributed by atoms with Crippen molar-refractivity contribution >= 4 is 5.91 Å². The van der Waals surface area contributed by atoms with Crippen LogP contribution in [-0.4, -0.2) is 41.5 Å². The van der Waals surface area contributed by atoms with Gasteiger partial charge in [0.15, 0.2) is 0 Å². The van der Waals surface area contributed by atoms with Gasteiger partial charge in [0.25, 0.3) is 0 Å². The highest BCUT2D eigenvalue weighted by molar-refractivity contribution is 5.83. The lowest BCUT2D eigenvalue weighted by molar-refractivity contribution is -0.135. The Bertz CT molecular complexity index is 415. The maximum atomic E-state index is 12.8. The minimum atomic E-state index is -0.106. The van der Waals surface area contributed by atoms with Gasteiger partial charge < -0.3 is 10.2 Å². The smallest absolute Gasteiger partial charge is 0.230 e. The SMILES string of the molecule is CCCN(C(=O)C(C)c1cccnc1)C1CCNCC1. The van der Waals surface area contributed by atoms with Crippen LogP contribution in [-0.2, 0) is 4.79 Å². The van der Waals surface area contributed by atoms with Gasteiger partial charge in [-0.3, -0.25) is 9.78 Å². The molecule has 1 fully saturated rings. The van der Waals surface area contributed by atoms with Crippen LogP contribution in [0.2, 0.25) is 0 Å². The first-order chi connectivity index (χ1) is 9.74. The lowest BCUT2D eigenvalue weighted by atomic mass is 9.98. The highest BCUT2D eigenvalue weighted by atomic mass is 16.2. The monoisotopic (exact) mass is 275 g/mol. The highest BCUT2D eigenvalue weighted by Crippen LogP contribution is 2.21. The van der Waals surface area contributed by atoms with Gasteiger partial charge in [-0.2, -0.15) is 0 Å². The number of aromatic nitrogens is 1. The first kappa shape index (κ1) is 15.0. The predicted octanol–water partition coefficient (Wildman–Crippen LogP) is 2.18. The topological polar surface area (TPSA) is 45.2 Å². The summed E-state index contributed by atoms with van der Waals surface area (Å²) in [7, 11) is 0. The molecule has 2 rings (SSSR count). The molecular weight excluding hydrogens is 250 g/mol. The molecule has 0 saturated carbocycles. The largest absolute Gasteiger partial charge is 0.339 e. The summed E-state index contributed by atoms with van der Waals surface area (Å²) in [5.74, 6) is 0.136. The van der Waals surface area contributed by atoms with Gasteiger partial charge >= 0.3 is 0 Å². The normalized spacial score (nSPS) is 17.7. The molecule has 0 bridgehead atoms. The summed E-state index contributed by atoms with van der Waals surface area (Å²) in [6.45, 7) is 7.01. The van der Waals surface area contributed by atoms with E-state index in [2.05, 4.69) is 22.1 Å². The third kappa shape index (κ3) is 3.57. The molecule has 1 aliphatic heterocycles. The molecule has 1 atom stereocenters. The lowest BCUT2D eigenvalue weighted by Gasteiger charge is -2.36. The summed E-state index contributed by atoms with van der Waals surface area (Å²) in [5.41, 5.74) is 1.01. The van der Waals surface area contributed by atoms with Gasteiger partial charge in [-0.1, -0.05) is 13.0 Å². The second kappa shape index (κ2) is 7.39. The molecule has 4 nitrogen and oxygen atoms in total. The molecule has 110 valence electrons. The van der Waals surface area contributed by atoms with E-state index in [9.17, 15) is 4.79 Å². The molecule has 0 aromatic carbocycles. The van der Waals surface area contributed by atoms with Crippen molar-refractivity contribution in [2.24, 2.45) is 0 Å². The van der Waals surface area contributed by atoms with Crippen LogP contribution < -0.4 is 5.32 Å². The van der Waals surface area contributed by atoms with E-state index in [-0.39, 0.29) is 11.8 Å². The average Bonchev–Trinajstić information content (AvgIpc) is 2.53. The van der Waals surface area contributed by atoms with Crippen LogP contribution in [0, 0.1) is 0 Å². The van der Waals surface area contributed by atoms with Crippen molar-refractivity contribution in [2.45, 2.75) is 45.1 Å². The lowest BCUT2D eigenvalue weighted by Crippen LogP contribution is -2.47. The molecule has 1 aliphatic rings. The molecule has 1 amide bonds. The molecule has 0 spiro atoms. The van der Waals surface area contributed by atoms with Crippen LogP contribution in [0.5, 0.6) is 0 Å². The first-order valence-electron chi connectivity index (χ1n) is 7.65. The van der Waals surface area contributed by atoms with Gasteiger partial charge in [-0.05, 0) is 50.9 Å². The van der Waals surface area contributed by atoms with E-state index in [0.717, 1.165) is 44.5 Å². The Morgan fingerprint density at radius 2 is 2.25 bits per heavy atom. The number of nitrogens with zero attached hydrogens (tertiary/aromatic N) is 2. The minimum absolute atomic E-state index is 0.106. The molecule has 4 heteroatoms. The summed E-state index contributed by atoms with van der Waals surface area (Å²) in [5, 5.41) is 3.36. The summed E-state index contributed by atoms with van der Waals surface area (Å²) in [6, 6.07) is 4.28. The van der Waals surface area contributed by atoms with Crippen molar-refractivity contribution in [1.29, 1.82) is 0 Å². The Labute approximate surface area is 121 Å². The number of piperidine rings is 1.